The van der Waals surface area contributed by atoms with Gasteiger partial charge in [-0.3, -0.25) is 9.78 Å². The summed E-state index contributed by atoms with van der Waals surface area (Å²) < 4.78 is 51.0. The zero-order chi connectivity index (χ0) is 19.0. The molecule has 0 fully saturated rings. The van der Waals surface area contributed by atoms with E-state index in [-0.39, 0.29) is 43.3 Å². The Bertz CT molecular complexity index is 718. The molecule has 0 saturated heterocycles. The van der Waals surface area contributed by atoms with Crippen LogP contribution in [-0.4, -0.2) is 24.0 Å². The van der Waals surface area contributed by atoms with E-state index in [0.29, 0.717) is 6.61 Å². The molecule has 0 atom stereocenters. The highest BCUT2D eigenvalue weighted by atomic mass is 19.4. The van der Waals surface area contributed by atoms with Gasteiger partial charge < -0.3 is 9.47 Å². The summed E-state index contributed by atoms with van der Waals surface area (Å²) >= 11 is 0. The maximum atomic E-state index is 13.5. The number of hydrogen-bond donors (Lipinski definition) is 0. The Morgan fingerprint density at radius 2 is 1.88 bits per heavy atom. The van der Waals surface area contributed by atoms with Gasteiger partial charge in [-0.05, 0) is 25.0 Å². The van der Waals surface area contributed by atoms with Gasteiger partial charge in [0.05, 0.1) is 5.69 Å². The van der Waals surface area contributed by atoms with Crippen molar-refractivity contribution >= 4 is 5.78 Å². The van der Waals surface area contributed by atoms with Crippen molar-refractivity contribution in [3.8, 4) is 5.75 Å². The van der Waals surface area contributed by atoms with Crippen LogP contribution in [0, 0.1) is 0 Å². The Labute approximate surface area is 150 Å². The Morgan fingerprint density at radius 1 is 1.15 bits per heavy atom. The van der Waals surface area contributed by atoms with Crippen LogP contribution in [0.2, 0.25) is 0 Å². The average molecular weight is 367 g/mol. The molecule has 0 aliphatic rings. The number of carbonyl (C=O) groups excluding carboxylic acids is 1. The molecule has 0 saturated carbocycles. The van der Waals surface area contributed by atoms with Crippen LogP contribution in [0.5, 0.6) is 5.75 Å². The first kappa shape index (κ1) is 19.9. The lowest BCUT2D eigenvalue weighted by Crippen LogP contribution is -2.16. The third-order valence-electron chi connectivity index (χ3n) is 3.62. The number of pyridine rings is 1. The molecule has 4 nitrogen and oxygen atoms in total. The lowest BCUT2D eigenvalue weighted by molar-refractivity contribution is -0.140. The Hall–Kier alpha value is -2.41. The minimum absolute atomic E-state index is 0.0106. The number of ketones is 1. The summed E-state index contributed by atoms with van der Waals surface area (Å²) in [4.78, 5) is 15.5. The predicted octanol–water partition coefficient (Wildman–Crippen LogP) is 4.22. The van der Waals surface area contributed by atoms with Gasteiger partial charge in [-0.2, -0.15) is 13.2 Å². The van der Waals surface area contributed by atoms with Crippen LogP contribution in [0.3, 0.4) is 0 Å². The molecule has 0 amide bonds. The number of carbonyl (C=O) groups is 1. The zero-order valence-corrected chi connectivity index (χ0v) is 14.4. The Balaban J connectivity index is 2.16. The second-order valence-electron chi connectivity index (χ2n) is 5.58. The highest BCUT2D eigenvalue weighted by Crippen LogP contribution is 2.38. The molecule has 140 valence electrons. The van der Waals surface area contributed by atoms with E-state index >= 15 is 0 Å². The van der Waals surface area contributed by atoms with Gasteiger partial charge >= 0.3 is 6.18 Å². The molecule has 0 radical (unpaired) electrons. The number of ether oxygens (including phenoxy) is 2. The molecule has 26 heavy (non-hydrogen) atoms. The van der Waals surface area contributed by atoms with Crippen LogP contribution in [-0.2, 0) is 28.7 Å². The third kappa shape index (κ3) is 5.84. The molecule has 0 spiro atoms. The maximum absolute atomic E-state index is 13.5. The van der Waals surface area contributed by atoms with Crippen molar-refractivity contribution in [1.29, 1.82) is 0 Å². The van der Waals surface area contributed by atoms with Crippen molar-refractivity contribution < 1.29 is 27.4 Å². The highest BCUT2D eigenvalue weighted by molar-refractivity contribution is 5.79. The zero-order valence-electron chi connectivity index (χ0n) is 14.4. The molecule has 2 rings (SSSR count). The molecule has 0 aliphatic carbocycles. The van der Waals surface area contributed by atoms with Crippen molar-refractivity contribution in [1.82, 2.24) is 4.98 Å². The minimum Gasteiger partial charge on any atom is -0.488 e. The van der Waals surface area contributed by atoms with E-state index in [0.717, 1.165) is 5.56 Å². The minimum atomic E-state index is -4.63. The van der Waals surface area contributed by atoms with Gasteiger partial charge in [0.15, 0.2) is 5.78 Å². The summed E-state index contributed by atoms with van der Waals surface area (Å²) in [6.45, 7) is 2.02. The highest BCUT2D eigenvalue weighted by Gasteiger charge is 2.38. The number of hydrogen-bond acceptors (Lipinski definition) is 4. The fourth-order valence-corrected chi connectivity index (χ4v) is 2.38. The van der Waals surface area contributed by atoms with Gasteiger partial charge in [0.1, 0.15) is 24.5 Å². The lowest BCUT2D eigenvalue weighted by Gasteiger charge is -2.17. The first-order valence-corrected chi connectivity index (χ1v) is 8.23. The van der Waals surface area contributed by atoms with Crippen LogP contribution in [0.4, 0.5) is 13.2 Å². The molecule has 1 aromatic heterocycles. The van der Waals surface area contributed by atoms with Crippen LogP contribution < -0.4 is 4.74 Å². The molecule has 2 aromatic rings. The van der Waals surface area contributed by atoms with Gasteiger partial charge in [0, 0.05) is 19.2 Å². The molecule has 0 unspecified atom stereocenters. The fourth-order valence-electron chi connectivity index (χ4n) is 2.38. The van der Waals surface area contributed by atoms with Gasteiger partial charge in [-0.25, -0.2) is 0 Å². The van der Waals surface area contributed by atoms with E-state index in [9.17, 15) is 18.0 Å². The number of nitrogens with zero attached hydrogens (tertiary/aromatic N) is 1. The molecular weight excluding hydrogens is 347 g/mol. The number of rotatable bonds is 9. The molecule has 0 N–H and O–H groups in total. The maximum Gasteiger partial charge on any atom is 0.421 e. The predicted molar refractivity (Wildman–Crippen MR) is 89.8 cm³/mol. The summed E-state index contributed by atoms with van der Waals surface area (Å²) in [5.74, 6) is -0.555. The van der Waals surface area contributed by atoms with Gasteiger partial charge in [-0.15, -0.1) is 0 Å². The SMILES string of the molecule is CCOCC(=O)CCc1nccc(OCc2ccccc2)c1C(F)(F)F. The smallest absolute Gasteiger partial charge is 0.421 e. The molecule has 0 aliphatic heterocycles. The van der Waals surface area contributed by atoms with Crippen LogP contribution in [0.15, 0.2) is 42.6 Å². The summed E-state index contributed by atoms with van der Waals surface area (Å²) in [5, 5.41) is 0. The quantitative estimate of drug-likeness (QED) is 0.666. The Morgan fingerprint density at radius 3 is 2.54 bits per heavy atom. The standard InChI is InChI=1S/C19H20F3NO3/c1-2-25-13-15(24)8-9-16-18(19(20,21)22)17(10-11-23-16)26-12-14-6-4-3-5-7-14/h3-7,10-11H,2,8-9,12-13H2,1H3. The van der Waals surface area contributed by atoms with Gasteiger partial charge in [0.2, 0.25) is 0 Å². The normalized spacial score (nSPS) is 11.4. The van der Waals surface area contributed by atoms with Crippen LogP contribution in [0.1, 0.15) is 30.2 Å². The van der Waals surface area contributed by atoms with E-state index in [4.69, 9.17) is 9.47 Å². The molecular formula is C19H20F3NO3. The Kier molecular flexibility index (Phi) is 7.15. The van der Waals surface area contributed by atoms with Crippen molar-refractivity contribution in [2.24, 2.45) is 0 Å². The van der Waals surface area contributed by atoms with Crippen molar-refractivity contribution in [2.75, 3.05) is 13.2 Å². The second kappa shape index (κ2) is 9.33. The topological polar surface area (TPSA) is 48.4 Å². The van der Waals surface area contributed by atoms with E-state index in [1.165, 1.54) is 12.3 Å². The average Bonchev–Trinajstić information content (AvgIpc) is 2.62. The van der Waals surface area contributed by atoms with E-state index in [1.807, 2.05) is 6.07 Å². The second-order valence-corrected chi connectivity index (χ2v) is 5.58. The number of Topliss-reactive ketones (excluding diaryl/α,β-unsaturated/α-hetero) is 1. The van der Waals surface area contributed by atoms with E-state index in [1.54, 1.807) is 31.2 Å². The third-order valence-corrected chi connectivity index (χ3v) is 3.62. The molecule has 1 heterocycles. The number of aromatic nitrogens is 1. The molecule has 7 heteroatoms. The lowest BCUT2D eigenvalue weighted by atomic mass is 10.1. The van der Waals surface area contributed by atoms with Crippen LogP contribution >= 0.6 is 0 Å². The van der Waals surface area contributed by atoms with Crippen molar-refractivity contribution in [3.05, 3.63) is 59.4 Å². The van der Waals surface area contributed by atoms with E-state index < -0.39 is 11.7 Å². The summed E-state index contributed by atoms with van der Waals surface area (Å²) in [6.07, 6.45) is -3.56. The summed E-state index contributed by atoms with van der Waals surface area (Å²) in [7, 11) is 0. The van der Waals surface area contributed by atoms with Gasteiger partial charge in [-0.1, -0.05) is 30.3 Å². The summed E-state index contributed by atoms with van der Waals surface area (Å²) in [6, 6.07) is 10.1. The first-order chi connectivity index (χ1) is 12.4. The number of alkyl halides is 3. The number of benzene rings is 1. The molecule has 1 aromatic carbocycles. The largest absolute Gasteiger partial charge is 0.488 e. The van der Waals surface area contributed by atoms with Gasteiger partial charge in [0.25, 0.3) is 0 Å². The van der Waals surface area contributed by atoms with Crippen molar-refractivity contribution in [2.45, 2.75) is 32.5 Å². The summed E-state index contributed by atoms with van der Waals surface area (Å²) in [5.41, 5.74) is -0.376. The van der Waals surface area contributed by atoms with E-state index in [2.05, 4.69) is 4.98 Å². The number of halogens is 3. The number of aryl methyl sites for hydroxylation is 1. The van der Waals surface area contributed by atoms with Crippen LogP contribution in [0.25, 0.3) is 0 Å². The first-order valence-electron chi connectivity index (χ1n) is 8.23. The fraction of sp³-hybridized carbons (Fsp3) is 0.368. The monoisotopic (exact) mass is 367 g/mol. The van der Waals surface area contributed by atoms with Crippen molar-refractivity contribution in [3.63, 3.8) is 0 Å². The molecule has 0 bridgehead atoms.